The van der Waals surface area contributed by atoms with E-state index in [0.29, 0.717) is 17.7 Å². The summed E-state index contributed by atoms with van der Waals surface area (Å²) in [6.07, 6.45) is 6.03. The van der Waals surface area contributed by atoms with E-state index in [0.717, 1.165) is 19.4 Å². The van der Waals surface area contributed by atoms with Crippen LogP contribution in [0.15, 0.2) is 0 Å². The van der Waals surface area contributed by atoms with Gasteiger partial charge in [-0.05, 0) is 18.8 Å². The largest absolute Gasteiger partial charge is 0.345 e. The van der Waals surface area contributed by atoms with Crippen LogP contribution in [-0.4, -0.2) is 24.4 Å². The molecule has 2 nitrogen and oxygen atoms in total. The third-order valence-corrected chi connectivity index (χ3v) is 2.97. The average Bonchev–Trinajstić information content (AvgIpc) is 2.17. The maximum absolute atomic E-state index is 12.0. The molecule has 0 aromatic rings. The first-order chi connectivity index (χ1) is 6.61. The van der Waals surface area contributed by atoms with Crippen LogP contribution in [0.3, 0.4) is 0 Å². The Hall–Kier alpha value is -0.530. The van der Waals surface area contributed by atoms with Crippen LogP contribution in [0.4, 0.5) is 0 Å². The van der Waals surface area contributed by atoms with E-state index >= 15 is 0 Å². The van der Waals surface area contributed by atoms with E-state index in [1.807, 2.05) is 11.9 Å². The highest BCUT2D eigenvalue weighted by molar-refractivity contribution is 5.78. The summed E-state index contributed by atoms with van der Waals surface area (Å²) in [6, 6.07) is 0. The molecule has 0 spiro atoms. The smallest absolute Gasteiger partial charge is 0.225 e. The number of amides is 1. The Labute approximate surface area is 87.7 Å². The van der Waals surface area contributed by atoms with Crippen molar-refractivity contribution in [2.45, 2.75) is 46.0 Å². The lowest BCUT2D eigenvalue weighted by atomic mass is 9.88. The quantitative estimate of drug-likeness (QED) is 0.681. The van der Waals surface area contributed by atoms with Gasteiger partial charge in [0.25, 0.3) is 0 Å². The molecular weight excluding hydrogens is 174 g/mol. The lowest BCUT2D eigenvalue weighted by molar-refractivity contribution is -0.135. The lowest BCUT2D eigenvalue weighted by Gasteiger charge is -2.27. The minimum absolute atomic E-state index is 0.326. The summed E-state index contributed by atoms with van der Waals surface area (Å²) in [5.74, 6) is 1.28. The van der Waals surface area contributed by atoms with Crippen LogP contribution in [0.25, 0.3) is 0 Å². The molecule has 1 saturated carbocycles. The zero-order valence-electron chi connectivity index (χ0n) is 9.75. The number of hydrogen-bond donors (Lipinski definition) is 0. The first kappa shape index (κ1) is 11.5. The van der Waals surface area contributed by atoms with Crippen LogP contribution >= 0.6 is 0 Å². The highest BCUT2D eigenvalue weighted by Crippen LogP contribution is 2.25. The topological polar surface area (TPSA) is 20.3 Å². The molecule has 1 aliphatic rings. The van der Waals surface area contributed by atoms with Gasteiger partial charge in [-0.3, -0.25) is 4.79 Å². The van der Waals surface area contributed by atoms with Crippen LogP contribution in [0.1, 0.15) is 46.0 Å². The summed E-state index contributed by atoms with van der Waals surface area (Å²) in [5.41, 5.74) is 0. The fourth-order valence-electron chi connectivity index (χ4n) is 2.30. The van der Waals surface area contributed by atoms with Crippen LogP contribution in [0.5, 0.6) is 0 Å². The van der Waals surface area contributed by atoms with Gasteiger partial charge in [-0.15, -0.1) is 0 Å². The molecule has 0 aromatic carbocycles. The second-order valence-electron chi connectivity index (χ2n) is 4.95. The number of carbonyl (C=O) groups excluding carboxylic acids is 1. The number of carbonyl (C=O) groups is 1. The van der Waals surface area contributed by atoms with Crippen molar-refractivity contribution in [2.24, 2.45) is 11.8 Å². The van der Waals surface area contributed by atoms with E-state index in [1.54, 1.807) is 0 Å². The summed E-state index contributed by atoms with van der Waals surface area (Å²) < 4.78 is 0. The molecule has 82 valence electrons. The summed E-state index contributed by atoms with van der Waals surface area (Å²) >= 11 is 0. The molecule has 1 fully saturated rings. The van der Waals surface area contributed by atoms with Gasteiger partial charge < -0.3 is 4.90 Å². The van der Waals surface area contributed by atoms with Gasteiger partial charge in [0.15, 0.2) is 0 Å². The van der Waals surface area contributed by atoms with E-state index in [2.05, 4.69) is 13.8 Å². The third kappa shape index (κ3) is 3.32. The van der Waals surface area contributed by atoms with Gasteiger partial charge in [-0.25, -0.2) is 0 Å². The molecule has 0 N–H and O–H groups in total. The lowest BCUT2D eigenvalue weighted by Crippen LogP contribution is -2.36. The molecule has 0 atom stereocenters. The van der Waals surface area contributed by atoms with Crippen LogP contribution < -0.4 is 0 Å². The van der Waals surface area contributed by atoms with Crippen molar-refractivity contribution in [1.82, 2.24) is 4.90 Å². The van der Waals surface area contributed by atoms with Gasteiger partial charge in [0.2, 0.25) is 5.91 Å². The molecule has 1 aliphatic carbocycles. The third-order valence-electron chi connectivity index (χ3n) is 2.97. The Morgan fingerprint density at radius 2 is 1.86 bits per heavy atom. The number of hydrogen-bond acceptors (Lipinski definition) is 1. The molecular formula is C12H23NO. The molecule has 0 aliphatic heterocycles. The Morgan fingerprint density at radius 3 is 2.36 bits per heavy atom. The van der Waals surface area contributed by atoms with Crippen molar-refractivity contribution in [2.75, 3.05) is 13.6 Å². The maximum atomic E-state index is 12.0. The SMILES string of the molecule is CC(C)CN(C)C(=O)C1CCCCC1. The summed E-state index contributed by atoms with van der Waals surface area (Å²) in [5, 5.41) is 0. The fraction of sp³-hybridized carbons (Fsp3) is 0.917. The van der Waals surface area contributed by atoms with Crippen molar-refractivity contribution < 1.29 is 4.79 Å². The number of nitrogens with zero attached hydrogens (tertiary/aromatic N) is 1. The molecule has 2 heteroatoms. The van der Waals surface area contributed by atoms with Gasteiger partial charge in [0.05, 0.1) is 0 Å². The van der Waals surface area contributed by atoms with Crippen molar-refractivity contribution in [3.8, 4) is 0 Å². The van der Waals surface area contributed by atoms with Crippen molar-refractivity contribution in [3.63, 3.8) is 0 Å². The van der Waals surface area contributed by atoms with Crippen LogP contribution in [0.2, 0.25) is 0 Å². The van der Waals surface area contributed by atoms with E-state index in [9.17, 15) is 4.79 Å². The average molecular weight is 197 g/mol. The standard InChI is InChI=1S/C12H23NO/c1-10(2)9-13(3)12(14)11-7-5-4-6-8-11/h10-11H,4-9H2,1-3H3. The van der Waals surface area contributed by atoms with Crippen molar-refractivity contribution in [1.29, 1.82) is 0 Å². The molecule has 0 radical (unpaired) electrons. The first-order valence-electron chi connectivity index (χ1n) is 5.86. The van der Waals surface area contributed by atoms with Gasteiger partial charge in [-0.1, -0.05) is 33.1 Å². The summed E-state index contributed by atoms with van der Waals surface area (Å²) in [6.45, 7) is 5.21. The zero-order valence-corrected chi connectivity index (χ0v) is 9.75. The van der Waals surface area contributed by atoms with E-state index < -0.39 is 0 Å². The fourth-order valence-corrected chi connectivity index (χ4v) is 2.30. The Morgan fingerprint density at radius 1 is 1.29 bits per heavy atom. The molecule has 0 unspecified atom stereocenters. The number of rotatable bonds is 3. The first-order valence-corrected chi connectivity index (χ1v) is 5.86. The highest BCUT2D eigenvalue weighted by atomic mass is 16.2. The predicted molar refractivity (Wildman–Crippen MR) is 59.1 cm³/mol. The van der Waals surface area contributed by atoms with Gasteiger partial charge in [0.1, 0.15) is 0 Å². The molecule has 14 heavy (non-hydrogen) atoms. The molecule has 0 heterocycles. The maximum Gasteiger partial charge on any atom is 0.225 e. The van der Waals surface area contributed by atoms with Gasteiger partial charge >= 0.3 is 0 Å². The summed E-state index contributed by atoms with van der Waals surface area (Å²) in [4.78, 5) is 13.9. The Balaban J connectivity index is 2.38. The van der Waals surface area contributed by atoms with E-state index in [4.69, 9.17) is 0 Å². The molecule has 1 rings (SSSR count). The Kier molecular flexibility index (Phi) is 4.43. The Bertz CT molecular complexity index is 183. The molecule has 0 aromatic heterocycles. The predicted octanol–water partition coefficient (Wildman–Crippen LogP) is 2.68. The van der Waals surface area contributed by atoms with Crippen LogP contribution in [0, 0.1) is 11.8 Å². The van der Waals surface area contributed by atoms with Crippen molar-refractivity contribution in [3.05, 3.63) is 0 Å². The van der Waals surface area contributed by atoms with Crippen LogP contribution in [-0.2, 0) is 4.79 Å². The molecule has 0 saturated heterocycles. The zero-order chi connectivity index (χ0) is 10.6. The van der Waals surface area contributed by atoms with Gasteiger partial charge in [0, 0.05) is 19.5 Å². The second-order valence-corrected chi connectivity index (χ2v) is 4.95. The monoisotopic (exact) mass is 197 g/mol. The van der Waals surface area contributed by atoms with Gasteiger partial charge in [-0.2, -0.15) is 0 Å². The minimum atomic E-state index is 0.326. The van der Waals surface area contributed by atoms with E-state index in [-0.39, 0.29) is 0 Å². The summed E-state index contributed by atoms with van der Waals surface area (Å²) in [7, 11) is 1.94. The van der Waals surface area contributed by atoms with E-state index in [1.165, 1.54) is 19.3 Å². The highest BCUT2D eigenvalue weighted by Gasteiger charge is 2.23. The normalized spacial score (nSPS) is 18.6. The second kappa shape index (κ2) is 5.38. The molecule has 0 bridgehead atoms. The van der Waals surface area contributed by atoms with Crippen molar-refractivity contribution >= 4 is 5.91 Å². The minimum Gasteiger partial charge on any atom is -0.345 e. The molecule has 1 amide bonds.